The van der Waals surface area contributed by atoms with Crippen LogP contribution < -0.4 is 29.6 Å². The molecule has 0 saturated heterocycles. The van der Waals surface area contributed by atoms with Gasteiger partial charge in [0.05, 0.1) is 22.5 Å². The number of unbranched alkanes of at least 4 members (excludes halogenated alkanes) is 10. The number of nitrogens with zero attached hydrogens (tertiary/aromatic N) is 2. The van der Waals surface area contributed by atoms with Crippen LogP contribution in [0.4, 0.5) is 0 Å². The Labute approximate surface area is 222 Å². The number of amidine groups is 1. The van der Waals surface area contributed by atoms with E-state index in [1.54, 1.807) is 9.48 Å². The molecule has 2 N–H and O–H groups in total. The van der Waals surface area contributed by atoms with Gasteiger partial charge in [0.2, 0.25) is 0 Å². The van der Waals surface area contributed by atoms with Crippen molar-refractivity contribution in [2.45, 2.75) is 83.7 Å². The Kier molecular flexibility index (Phi) is 18.8. The number of ketones is 1. The normalized spacial score (nSPS) is 15.3. The first kappa shape index (κ1) is 32.7. The Hall–Kier alpha value is -0.290. The van der Waals surface area contributed by atoms with E-state index in [-0.39, 0.29) is 55.0 Å². The van der Waals surface area contributed by atoms with Gasteiger partial charge in [0.25, 0.3) is 5.78 Å². The summed E-state index contributed by atoms with van der Waals surface area (Å²) in [6, 6.07) is 0. The molecule has 33 heavy (non-hydrogen) atoms. The van der Waals surface area contributed by atoms with Crippen molar-refractivity contribution < 1.29 is 62.1 Å². The van der Waals surface area contributed by atoms with Gasteiger partial charge < -0.3 is 14.8 Å². The van der Waals surface area contributed by atoms with E-state index in [4.69, 9.17) is 0 Å². The number of allylic oxidation sites excluding steroid dienone is 1. The maximum absolute atomic E-state index is 12.7. The van der Waals surface area contributed by atoms with Gasteiger partial charge in [-0.3, -0.25) is 14.3 Å². The average Bonchev–Trinajstić information content (AvgIpc) is 3.09. The van der Waals surface area contributed by atoms with E-state index in [1.165, 1.54) is 57.4 Å². The third-order valence-corrected chi connectivity index (χ3v) is 6.44. The zero-order valence-electron chi connectivity index (χ0n) is 20.6. The molecule has 186 valence electrons. The van der Waals surface area contributed by atoms with Crippen LogP contribution in [0.25, 0.3) is 0 Å². The summed E-state index contributed by atoms with van der Waals surface area (Å²) in [6.45, 7) is 3.18. The summed E-state index contributed by atoms with van der Waals surface area (Å²) in [5.41, 5.74) is 0. The SMILES string of the molecule is CCCCCCCCCCCC/C=C/C(=O)C1=[N+](CC(O)CS(=O)(=O)[O-])CCN1CCO.[Na+]. The standard InChI is InChI=1S/C23H42N2O6S.Na/c1-2-3-4-5-6-7-8-9-10-11-12-13-14-22(28)23-24(17-18-26)15-16-25(23)19-21(27)20-32(29,30)31;/h13-14,21,26-27H,2-12,15-20H2,1H3;/q;+1/b14-13+;. The van der Waals surface area contributed by atoms with E-state index >= 15 is 0 Å². The number of hydrogen-bond donors (Lipinski definition) is 2. The number of β-amino-alcohol motifs (C(OH)–C–C–N with tert-alkyl or cyclic N) is 2. The fourth-order valence-corrected chi connectivity index (χ4v) is 4.61. The van der Waals surface area contributed by atoms with E-state index in [0.717, 1.165) is 19.3 Å². The first-order valence-corrected chi connectivity index (χ1v) is 13.7. The first-order chi connectivity index (χ1) is 15.3. The molecular formula is C23H42N2NaO6S+. The van der Waals surface area contributed by atoms with E-state index in [0.29, 0.717) is 18.9 Å². The maximum atomic E-state index is 12.7. The molecule has 0 aromatic heterocycles. The first-order valence-electron chi connectivity index (χ1n) is 12.1. The molecule has 0 spiro atoms. The molecule has 1 rings (SSSR count). The van der Waals surface area contributed by atoms with Crippen molar-refractivity contribution in [2.75, 3.05) is 38.5 Å². The van der Waals surface area contributed by atoms with Gasteiger partial charge in [0.15, 0.2) is 0 Å². The number of aliphatic hydroxyl groups is 2. The molecule has 0 aromatic carbocycles. The van der Waals surface area contributed by atoms with Gasteiger partial charge in [-0.05, 0) is 18.9 Å². The molecule has 1 heterocycles. The van der Waals surface area contributed by atoms with Crippen LogP contribution in [0.2, 0.25) is 0 Å². The van der Waals surface area contributed by atoms with Gasteiger partial charge in [0, 0.05) is 0 Å². The molecule has 1 aliphatic rings. The molecule has 10 heteroatoms. The van der Waals surface area contributed by atoms with Crippen molar-refractivity contribution in [1.82, 2.24) is 4.90 Å². The Morgan fingerprint density at radius 1 is 1.12 bits per heavy atom. The summed E-state index contributed by atoms with van der Waals surface area (Å²) in [4.78, 5) is 14.5. The van der Waals surface area contributed by atoms with Crippen LogP contribution in [-0.4, -0.2) is 88.9 Å². The topological polar surface area (TPSA) is 121 Å². The molecule has 0 radical (unpaired) electrons. The third-order valence-electron chi connectivity index (χ3n) is 5.65. The van der Waals surface area contributed by atoms with Gasteiger partial charge in [-0.25, -0.2) is 8.42 Å². The zero-order valence-corrected chi connectivity index (χ0v) is 23.4. The molecule has 1 atom stereocenters. The number of carbonyl (C=O) groups excluding carboxylic acids is 1. The molecule has 1 aliphatic heterocycles. The van der Waals surface area contributed by atoms with Crippen molar-refractivity contribution in [2.24, 2.45) is 0 Å². The summed E-state index contributed by atoms with van der Waals surface area (Å²) in [5.74, 6) is -0.791. The summed E-state index contributed by atoms with van der Waals surface area (Å²) in [5, 5.41) is 19.2. The average molecular weight is 498 g/mol. The van der Waals surface area contributed by atoms with Crippen LogP contribution in [0.15, 0.2) is 12.2 Å². The Morgan fingerprint density at radius 2 is 1.70 bits per heavy atom. The van der Waals surface area contributed by atoms with Gasteiger partial charge in [-0.15, -0.1) is 0 Å². The number of aliphatic hydroxyl groups excluding tert-OH is 2. The monoisotopic (exact) mass is 497 g/mol. The predicted molar refractivity (Wildman–Crippen MR) is 125 cm³/mol. The fourth-order valence-electron chi connectivity index (χ4n) is 4.04. The van der Waals surface area contributed by atoms with Crippen LogP contribution in [0.5, 0.6) is 0 Å². The zero-order chi connectivity index (χ0) is 23.8. The van der Waals surface area contributed by atoms with Crippen molar-refractivity contribution in [3.05, 3.63) is 12.2 Å². The van der Waals surface area contributed by atoms with E-state index < -0.39 is 22.0 Å². The fraction of sp³-hybridized carbons (Fsp3) is 0.826. The van der Waals surface area contributed by atoms with E-state index in [2.05, 4.69) is 6.92 Å². The molecule has 0 bridgehead atoms. The smallest absolute Gasteiger partial charge is 0.748 e. The minimum Gasteiger partial charge on any atom is -0.748 e. The number of hydrogen-bond acceptors (Lipinski definition) is 7. The molecule has 8 nitrogen and oxygen atoms in total. The minimum absolute atomic E-state index is 0. The van der Waals surface area contributed by atoms with Crippen LogP contribution in [0.3, 0.4) is 0 Å². The molecule has 0 saturated carbocycles. The van der Waals surface area contributed by atoms with Crippen LogP contribution in [0, 0.1) is 0 Å². The molecule has 0 aliphatic carbocycles. The van der Waals surface area contributed by atoms with Gasteiger partial charge in [0.1, 0.15) is 32.3 Å². The summed E-state index contributed by atoms with van der Waals surface area (Å²) in [6.07, 6.45) is 15.4. The minimum atomic E-state index is -4.55. The van der Waals surface area contributed by atoms with Gasteiger partial charge in [-0.1, -0.05) is 70.8 Å². The Bertz CT molecular complexity index is 712. The second-order valence-electron chi connectivity index (χ2n) is 8.60. The summed E-state index contributed by atoms with van der Waals surface area (Å²) in [7, 11) is -4.55. The van der Waals surface area contributed by atoms with Crippen LogP contribution in [-0.2, 0) is 14.9 Å². The second-order valence-corrected chi connectivity index (χ2v) is 10.0. The van der Waals surface area contributed by atoms with E-state index in [9.17, 15) is 28.0 Å². The largest absolute Gasteiger partial charge is 1.00 e. The molecule has 1 unspecified atom stereocenters. The molecular weight excluding hydrogens is 455 g/mol. The number of carbonyl (C=O) groups is 1. The van der Waals surface area contributed by atoms with Gasteiger partial charge >= 0.3 is 35.4 Å². The molecule has 0 fully saturated rings. The Balaban J connectivity index is 0.0000102. The van der Waals surface area contributed by atoms with Crippen molar-refractivity contribution in [3.63, 3.8) is 0 Å². The van der Waals surface area contributed by atoms with Gasteiger partial charge in [-0.2, -0.15) is 0 Å². The summed E-state index contributed by atoms with van der Waals surface area (Å²) >= 11 is 0. The molecule has 0 amide bonds. The van der Waals surface area contributed by atoms with Crippen molar-refractivity contribution in [3.8, 4) is 0 Å². The third kappa shape index (κ3) is 15.3. The molecule has 0 aromatic rings. The Morgan fingerprint density at radius 3 is 2.24 bits per heavy atom. The van der Waals surface area contributed by atoms with Crippen molar-refractivity contribution >= 4 is 21.7 Å². The summed E-state index contributed by atoms with van der Waals surface area (Å²) < 4.78 is 34.2. The second kappa shape index (κ2) is 19.0. The maximum Gasteiger partial charge on any atom is 1.00 e. The quantitative estimate of drug-likeness (QED) is 0.0776. The van der Waals surface area contributed by atoms with E-state index in [1.807, 2.05) is 6.08 Å². The van der Waals surface area contributed by atoms with Crippen LogP contribution >= 0.6 is 0 Å². The predicted octanol–water partition coefficient (Wildman–Crippen LogP) is -0.948. The number of rotatable bonds is 19. The van der Waals surface area contributed by atoms with Crippen molar-refractivity contribution in [1.29, 1.82) is 0 Å². The van der Waals surface area contributed by atoms with Crippen LogP contribution in [0.1, 0.15) is 77.6 Å².